The minimum Gasteiger partial charge on any atom is -0.497 e. The third-order valence-corrected chi connectivity index (χ3v) is 6.78. The molecular weight excluding hydrogens is 428 g/mol. The van der Waals surface area contributed by atoms with Gasteiger partial charge in [0, 0.05) is 12.6 Å². The van der Waals surface area contributed by atoms with Crippen LogP contribution < -0.4 is 19.1 Å². The van der Waals surface area contributed by atoms with Crippen LogP contribution in [-0.2, 0) is 21.4 Å². The first-order valence-corrected chi connectivity index (χ1v) is 11.4. The van der Waals surface area contributed by atoms with Gasteiger partial charge in [-0.25, -0.2) is 8.42 Å². The lowest BCUT2D eigenvalue weighted by Gasteiger charge is -2.26. The highest BCUT2D eigenvalue weighted by Crippen LogP contribution is 2.35. The van der Waals surface area contributed by atoms with Crippen LogP contribution in [0.4, 0.5) is 5.69 Å². The lowest BCUT2D eigenvalue weighted by Crippen LogP contribution is -2.41. The minimum absolute atomic E-state index is 0.0663. The summed E-state index contributed by atoms with van der Waals surface area (Å²) >= 11 is 0. The fraction of sp³-hybridized carbons (Fsp3) is 0.208. The van der Waals surface area contributed by atoms with Crippen molar-refractivity contribution >= 4 is 21.6 Å². The van der Waals surface area contributed by atoms with Gasteiger partial charge in [-0.15, -0.1) is 0 Å². The molecule has 0 fully saturated rings. The highest BCUT2D eigenvalue weighted by atomic mass is 32.2. The smallest absolute Gasteiger partial charge is 0.264 e. The Morgan fingerprint density at radius 1 is 0.938 bits per heavy atom. The van der Waals surface area contributed by atoms with E-state index >= 15 is 0 Å². The molecule has 1 amide bonds. The highest BCUT2D eigenvalue weighted by Gasteiger charge is 2.29. The van der Waals surface area contributed by atoms with Gasteiger partial charge in [0.1, 0.15) is 18.0 Å². The lowest BCUT2D eigenvalue weighted by atomic mass is 10.1. The fourth-order valence-corrected chi connectivity index (χ4v) is 4.64. The predicted octanol–water partition coefficient (Wildman–Crippen LogP) is 3.52. The number of amides is 1. The van der Waals surface area contributed by atoms with Crippen molar-refractivity contribution in [1.29, 1.82) is 0 Å². The summed E-state index contributed by atoms with van der Waals surface area (Å²) in [5.41, 5.74) is 2.20. The van der Waals surface area contributed by atoms with E-state index in [1.54, 1.807) is 30.3 Å². The van der Waals surface area contributed by atoms with Crippen LogP contribution in [0.1, 0.15) is 11.1 Å². The minimum atomic E-state index is -4.06. The van der Waals surface area contributed by atoms with Crippen LogP contribution in [0.25, 0.3) is 0 Å². The summed E-state index contributed by atoms with van der Waals surface area (Å²) in [6, 6.07) is 20.4. The number of carbonyl (C=O) groups is 1. The van der Waals surface area contributed by atoms with Crippen LogP contribution in [0.15, 0.2) is 77.7 Å². The summed E-state index contributed by atoms with van der Waals surface area (Å²) in [4.78, 5) is 12.9. The Morgan fingerprint density at radius 2 is 1.62 bits per heavy atom. The number of benzene rings is 3. The maximum atomic E-state index is 13.5. The average Bonchev–Trinajstić information content (AvgIpc) is 2.82. The molecule has 0 atom stereocenters. The van der Waals surface area contributed by atoms with Crippen molar-refractivity contribution in [1.82, 2.24) is 5.32 Å². The molecule has 3 rings (SSSR count). The number of hydrogen-bond acceptors (Lipinski definition) is 5. The Hall–Kier alpha value is -3.52. The third-order valence-electron chi connectivity index (χ3n) is 5.01. The number of methoxy groups -OCH3 is 2. The molecule has 1 N–H and O–H groups in total. The molecule has 0 unspecified atom stereocenters. The number of carbonyl (C=O) groups excluding carboxylic acids is 1. The molecule has 0 aliphatic rings. The number of sulfonamides is 1. The van der Waals surface area contributed by atoms with Crippen molar-refractivity contribution in [2.75, 3.05) is 25.1 Å². The first kappa shape index (κ1) is 23.1. The van der Waals surface area contributed by atoms with Crippen LogP contribution in [0.3, 0.4) is 0 Å². The van der Waals surface area contributed by atoms with Crippen LogP contribution in [0.5, 0.6) is 11.5 Å². The van der Waals surface area contributed by atoms with Crippen LogP contribution >= 0.6 is 0 Å². The van der Waals surface area contributed by atoms with E-state index < -0.39 is 22.5 Å². The van der Waals surface area contributed by atoms with E-state index in [9.17, 15) is 13.2 Å². The molecule has 0 spiro atoms. The number of hydrogen-bond donors (Lipinski definition) is 1. The van der Waals surface area contributed by atoms with E-state index in [0.717, 1.165) is 15.4 Å². The second-order valence-electron chi connectivity index (χ2n) is 7.07. The Balaban J connectivity index is 1.96. The van der Waals surface area contributed by atoms with E-state index in [-0.39, 0.29) is 10.6 Å². The maximum Gasteiger partial charge on any atom is 0.264 e. The van der Waals surface area contributed by atoms with Crippen molar-refractivity contribution in [3.63, 3.8) is 0 Å². The van der Waals surface area contributed by atoms with E-state index in [4.69, 9.17) is 9.47 Å². The molecule has 3 aromatic rings. The molecular formula is C24H26N2O5S. The Morgan fingerprint density at radius 3 is 2.28 bits per heavy atom. The standard InChI is InChI=1S/C24H26N2O5S/c1-18-9-7-8-10-19(18)16-25-24(27)17-26(32(28,29)21-11-5-4-6-12-21)22-15-20(30-2)13-14-23(22)31-3/h4-15H,16-17H2,1-3H3,(H,25,27). The van der Waals surface area contributed by atoms with E-state index in [2.05, 4.69) is 5.32 Å². The van der Waals surface area contributed by atoms with Gasteiger partial charge in [0.25, 0.3) is 10.0 Å². The summed E-state index contributed by atoms with van der Waals surface area (Å²) in [7, 11) is -1.14. The summed E-state index contributed by atoms with van der Waals surface area (Å²) in [5, 5.41) is 2.81. The number of nitrogens with one attached hydrogen (secondary N) is 1. The van der Waals surface area contributed by atoms with Gasteiger partial charge in [-0.05, 0) is 42.3 Å². The molecule has 168 valence electrons. The summed E-state index contributed by atoms with van der Waals surface area (Å²) in [6.07, 6.45) is 0. The Labute approximate surface area is 188 Å². The summed E-state index contributed by atoms with van der Waals surface area (Å²) in [5.74, 6) is 0.295. The van der Waals surface area contributed by atoms with Gasteiger partial charge in [-0.1, -0.05) is 42.5 Å². The average molecular weight is 455 g/mol. The molecule has 0 saturated carbocycles. The molecule has 0 bridgehead atoms. The quantitative estimate of drug-likeness (QED) is 0.535. The second-order valence-corrected chi connectivity index (χ2v) is 8.93. The number of rotatable bonds is 9. The van der Waals surface area contributed by atoms with Crippen molar-refractivity contribution in [3.05, 3.63) is 83.9 Å². The highest BCUT2D eigenvalue weighted by molar-refractivity contribution is 7.92. The van der Waals surface area contributed by atoms with Crippen LogP contribution in [-0.4, -0.2) is 35.1 Å². The van der Waals surface area contributed by atoms with Gasteiger partial charge >= 0.3 is 0 Å². The fourth-order valence-electron chi connectivity index (χ4n) is 3.20. The third kappa shape index (κ3) is 5.20. The van der Waals surface area contributed by atoms with Gasteiger partial charge in [0.2, 0.25) is 5.91 Å². The van der Waals surface area contributed by atoms with Crippen molar-refractivity contribution < 1.29 is 22.7 Å². The van der Waals surface area contributed by atoms with E-state index in [1.807, 2.05) is 31.2 Å². The number of ether oxygens (including phenoxy) is 2. The normalized spacial score (nSPS) is 11.0. The Kier molecular flexibility index (Phi) is 7.37. The van der Waals surface area contributed by atoms with Gasteiger partial charge in [-0.2, -0.15) is 0 Å². The van der Waals surface area contributed by atoms with Gasteiger partial charge in [0.05, 0.1) is 24.8 Å². The molecule has 0 heterocycles. The molecule has 7 nitrogen and oxygen atoms in total. The zero-order chi connectivity index (χ0) is 23.1. The van der Waals surface area contributed by atoms with Gasteiger partial charge in [0.15, 0.2) is 0 Å². The lowest BCUT2D eigenvalue weighted by molar-refractivity contribution is -0.119. The van der Waals surface area contributed by atoms with Crippen LogP contribution in [0.2, 0.25) is 0 Å². The zero-order valence-electron chi connectivity index (χ0n) is 18.2. The molecule has 0 aliphatic carbocycles. The SMILES string of the molecule is COc1ccc(OC)c(N(CC(=O)NCc2ccccc2C)S(=O)(=O)c2ccccc2)c1. The van der Waals surface area contributed by atoms with Crippen molar-refractivity contribution in [2.45, 2.75) is 18.4 Å². The first-order chi connectivity index (χ1) is 15.4. The summed E-state index contributed by atoms with van der Waals surface area (Å²) in [6.45, 7) is 1.82. The zero-order valence-corrected chi connectivity index (χ0v) is 19.1. The maximum absolute atomic E-state index is 13.5. The number of anilines is 1. The topological polar surface area (TPSA) is 84.9 Å². The monoisotopic (exact) mass is 454 g/mol. The van der Waals surface area contributed by atoms with E-state index in [1.165, 1.54) is 32.4 Å². The molecule has 3 aromatic carbocycles. The van der Waals surface area contributed by atoms with Gasteiger partial charge < -0.3 is 14.8 Å². The van der Waals surface area contributed by atoms with Crippen molar-refractivity contribution in [2.24, 2.45) is 0 Å². The number of nitrogens with zero attached hydrogens (tertiary/aromatic N) is 1. The first-order valence-electron chi connectivity index (χ1n) is 9.98. The molecule has 0 saturated heterocycles. The molecule has 0 aliphatic heterocycles. The largest absolute Gasteiger partial charge is 0.497 e. The van der Waals surface area contributed by atoms with Crippen molar-refractivity contribution in [3.8, 4) is 11.5 Å². The Bertz CT molecular complexity index is 1180. The molecule has 8 heteroatoms. The summed E-state index contributed by atoms with van der Waals surface area (Å²) < 4.78 is 38.7. The second kappa shape index (κ2) is 10.2. The van der Waals surface area contributed by atoms with E-state index in [0.29, 0.717) is 18.0 Å². The predicted molar refractivity (Wildman–Crippen MR) is 124 cm³/mol. The molecule has 32 heavy (non-hydrogen) atoms. The van der Waals surface area contributed by atoms with Gasteiger partial charge in [-0.3, -0.25) is 9.10 Å². The number of aryl methyl sites for hydroxylation is 1. The van der Waals surface area contributed by atoms with Crippen LogP contribution in [0, 0.1) is 6.92 Å². The molecule has 0 radical (unpaired) electrons. The molecule has 0 aromatic heterocycles.